The molecule has 1 aliphatic rings. The summed E-state index contributed by atoms with van der Waals surface area (Å²) in [7, 11) is -1.10. The van der Waals surface area contributed by atoms with Crippen molar-refractivity contribution in [2.75, 3.05) is 12.8 Å². The minimum absolute atomic E-state index is 0.0977. The van der Waals surface area contributed by atoms with Gasteiger partial charge in [-0.2, -0.15) is 14.4 Å². The minimum Gasteiger partial charge on any atom is -0.466 e. The summed E-state index contributed by atoms with van der Waals surface area (Å²) in [6.45, 7) is 10.3. The van der Waals surface area contributed by atoms with Crippen LogP contribution in [0.5, 0.6) is 0 Å². The number of rotatable bonds is 4. The fourth-order valence-corrected chi connectivity index (χ4v) is 4.49. The van der Waals surface area contributed by atoms with Gasteiger partial charge in [0.25, 0.3) is 5.60 Å². The summed E-state index contributed by atoms with van der Waals surface area (Å²) >= 11 is 0. The number of anilines is 1. The van der Waals surface area contributed by atoms with Gasteiger partial charge in [0.05, 0.1) is 13.4 Å². The number of terminal acetylenes is 1. The summed E-state index contributed by atoms with van der Waals surface area (Å²) in [5.41, 5.74) is 4.34. The van der Waals surface area contributed by atoms with Crippen LogP contribution in [0.15, 0.2) is 6.33 Å². The lowest BCUT2D eigenvalue weighted by Gasteiger charge is -2.40. The monoisotopic (exact) mass is 435 g/mol. The van der Waals surface area contributed by atoms with Crippen LogP contribution in [-0.4, -0.2) is 52.6 Å². The largest absolute Gasteiger partial charge is 0.466 e. The number of imidazole rings is 1. The number of aromatic nitrogens is 4. The summed E-state index contributed by atoms with van der Waals surface area (Å²) in [6.07, 6.45) is 4.81. The maximum atomic E-state index is 13.8. The lowest BCUT2D eigenvalue weighted by atomic mass is 9.98. The molecule has 1 aliphatic heterocycles. The van der Waals surface area contributed by atoms with E-state index in [0.29, 0.717) is 0 Å². The van der Waals surface area contributed by atoms with Gasteiger partial charge in [-0.3, -0.25) is 4.57 Å². The highest BCUT2D eigenvalue weighted by Crippen LogP contribution is 2.45. The molecule has 2 aromatic heterocycles. The van der Waals surface area contributed by atoms with Crippen LogP contribution in [0, 0.1) is 18.4 Å². The van der Waals surface area contributed by atoms with Crippen molar-refractivity contribution >= 4 is 31.3 Å². The quantitative estimate of drug-likeness (QED) is 0.337. The molecule has 0 bridgehead atoms. The maximum absolute atomic E-state index is 13.8. The summed E-state index contributed by atoms with van der Waals surface area (Å²) in [4.78, 5) is 24.1. The second kappa shape index (κ2) is 7.30. The Labute approximate surface area is 175 Å². The molecule has 0 amide bonds. The number of ether oxygens (including phenoxy) is 2. The number of methoxy groups -OCH3 is 1. The molecule has 30 heavy (non-hydrogen) atoms. The van der Waals surface area contributed by atoms with Crippen LogP contribution < -0.4 is 5.73 Å². The van der Waals surface area contributed by atoms with Gasteiger partial charge in [0.15, 0.2) is 25.3 Å². The van der Waals surface area contributed by atoms with Crippen LogP contribution in [0.25, 0.3) is 11.2 Å². The predicted octanol–water partition coefficient (Wildman–Crippen LogP) is 2.40. The van der Waals surface area contributed by atoms with Crippen LogP contribution >= 0.6 is 0 Å². The summed E-state index contributed by atoms with van der Waals surface area (Å²) < 4.78 is 32.7. The van der Waals surface area contributed by atoms with Gasteiger partial charge < -0.3 is 19.6 Å². The number of fused-ring (bicyclic) bond motifs is 1. The van der Waals surface area contributed by atoms with E-state index in [0.717, 1.165) is 0 Å². The van der Waals surface area contributed by atoms with E-state index in [-0.39, 0.29) is 28.4 Å². The van der Waals surface area contributed by atoms with Gasteiger partial charge in [0.1, 0.15) is 12.3 Å². The maximum Gasteiger partial charge on any atom is 0.353 e. The number of carbonyl (C=O) groups excluding carboxylic acids is 1. The van der Waals surface area contributed by atoms with Crippen LogP contribution in [0.3, 0.4) is 0 Å². The zero-order chi connectivity index (χ0) is 22.5. The smallest absolute Gasteiger partial charge is 0.353 e. The van der Waals surface area contributed by atoms with E-state index in [1.807, 2.05) is 0 Å². The molecule has 3 atom stereocenters. The van der Waals surface area contributed by atoms with Gasteiger partial charge in [0.2, 0.25) is 0 Å². The Kier molecular flexibility index (Phi) is 5.38. The fourth-order valence-electron chi connectivity index (χ4n) is 3.16. The van der Waals surface area contributed by atoms with E-state index >= 15 is 0 Å². The number of nitrogens with two attached hydrogens (primary N) is 1. The third-order valence-electron chi connectivity index (χ3n) is 5.87. The molecule has 1 unspecified atom stereocenters. The minimum atomic E-state index is -2.33. The second-order valence-electron chi connectivity index (χ2n) is 8.75. The molecular formula is C19H26FN5O4Si. The molecule has 162 valence electrons. The predicted molar refractivity (Wildman–Crippen MR) is 110 cm³/mol. The van der Waals surface area contributed by atoms with E-state index < -0.39 is 38.3 Å². The first-order valence-corrected chi connectivity index (χ1v) is 12.3. The van der Waals surface area contributed by atoms with Crippen molar-refractivity contribution in [2.24, 2.45) is 0 Å². The highest BCUT2D eigenvalue weighted by Gasteiger charge is 2.58. The van der Waals surface area contributed by atoms with Gasteiger partial charge in [-0.05, 0) is 18.1 Å². The molecule has 9 nitrogen and oxygen atoms in total. The molecule has 0 radical (unpaired) electrons. The molecule has 3 rings (SSSR count). The van der Waals surface area contributed by atoms with Gasteiger partial charge in [0, 0.05) is 6.42 Å². The summed E-state index contributed by atoms with van der Waals surface area (Å²) in [6, 6.07) is 0. The van der Waals surface area contributed by atoms with Gasteiger partial charge in [-0.25, -0.2) is 9.78 Å². The first-order valence-electron chi connectivity index (χ1n) is 9.43. The van der Waals surface area contributed by atoms with Crippen molar-refractivity contribution in [3.8, 4) is 12.3 Å². The van der Waals surface area contributed by atoms with E-state index in [9.17, 15) is 9.18 Å². The normalized spacial score (nSPS) is 24.7. The number of nitrogen functional groups attached to an aromatic ring is 1. The van der Waals surface area contributed by atoms with Crippen molar-refractivity contribution in [1.29, 1.82) is 0 Å². The van der Waals surface area contributed by atoms with E-state index in [1.165, 1.54) is 18.0 Å². The van der Waals surface area contributed by atoms with Crippen LogP contribution in [0.4, 0.5) is 10.2 Å². The first-order chi connectivity index (χ1) is 13.9. The average Bonchev–Trinajstić information content (AvgIpc) is 3.21. The Bertz CT molecular complexity index is 1030. The van der Waals surface area contributed by atoms with Crippen LogP contribution in [0.2, 0.25) is 18.1 Å². The average molecular weight is 436 g/mol. The zero-order valence-electron chi connectivity index (χ0n) is 17.9. The van der Waals surface area contributed by atoms with Crippen molar-refractivity contribution in [2.45, 2.75) is 63.3 Å². The lowest BCUT2D eigenvalue weighted by molar-refractivity contribution is -0.168. The number of hydrogen-bond acceptors (Lipinski definition) is 8. The molecule has 0 aromatic carbocycles. The number of esters is 1. The molecule has 2 N–H and O–H groups in total. The zero-order valence-corrected chi connectivity index (χ0v) is 18.9. The highest BCUT2D eigenvalue weighted by molar-refractivity contribution is 6.74. The van der Waals surface area contributed by atoms with E-state index in [2.05, 4.69) is 54.7 Å². The molecular weight excluding hydrogens is 409 g/mol. The summed E-state index contributed by atoms with van der Waals surface area (Å²) in [5, 5.41) is -0.131. The molecule has 1 fully saturated rings. The van der Waals surface area contributed by atoms with Crippen LogP contribution in [-0.2, 0) is 18.7 Å². The van der Waals surface area contributed by atoms with Crippen molar-refractivity contribution in [3.05, 3.63) is 12.4 Å². The number of hydrogen-bond donors (Lipinski definition) is 1. The van der Waals surface area contributed by atoms with Crippen molar-refractivity contribution < 1.29 is 23.1 Å². The third kappa shape index (κ3) is 3.44. The molecule has 0 spiro atoms. The molecule has 0 aliphatic carbocycles. The number of halogens is 1. The Hall–Kier alpha value is -2.55. The fraction of sp³-hybridized carbons (Fsp3) is 0.579. The second-order valence-corrected chi connectivity index (χ2v) is 13.5. The van der Waals surface area contributed by atoms with Crippen molar-refractivity contribution in [1.82, 2.24) is 19.5 Å². The number of carbonyl (C=O) groups is 1. The SMILES string of the molecule is C#C[C@]1(C(=O)OC)O[C@@H](n2cnc3c(N)nc(F)nc32)CC1O[Si](C)(C)C(C)(C)C. The lowest BCUT2D eigenvalue weighted by Crippen LogP contribution is -2.54. The third-order valence-corrected chi connectivity index (χ3v) is 10.4. The molecule has 0 saturated carbocycles. The Morgan fingerprint density at radius 1 is 1.47 bits per heavy atom. The molecule has 1 saturated heterocycles. The standard InChI is InChI=1S/C19H26FN5O4Si/c1-8-19(16(26)27-5)11(29-30(6,7)18(2,3)4)9-12(28-19)25-10-22-13-14(21)23-17(20)24-15(13)25/h1,10-12H,9H2,2-7H3,(H2,21,23,24)/t11?,12-,19+/m1/s1. The summed E-state index contributed by atoms with van der Waals surface area (Å²) in [5.74, 6) is 1.62. The molecule has 3 heterocycles. The molecule has 2 aromatic rings. The Morgan fingerprint density at radius 3 is 2.70 bits per heavy atom. The highest BCUT2D eigenvalue weighted by atomic mass is 28.4. The Morgan fingerprint density at radius 2 is 2.13 bits per heavy atom. The topological polar surface area (TPSA) is 114 Å². The first kappa shape index (κ1) is 22.1. The number of nitrogens with zero attached hydrogens (tertiary/aromatic N) is 4. The van der Waals surface area contributed by atoms with Gasteiger partial charge in [-0.15, -0.1) is 6.42 Å². The van der Waals surface area contributed by atoms with Crippen LogP contribution in [0.1, 0.15) is 33.4 Å². The molecule has 11 heteroatoms. The van der Waals surface area contributed by atoms with Gasteiger partial charge in [-0.1, -0.05) is 26.7 Å². The van der Waals surface area contributed by atoms with E-state index in [4.69, 9.17) is 26.1 Å². The Balaban J connectivity index is 2.07. The van der Waals surface area contributed by atoms with Gasteiger partial charge >= 0.3 is 12.0 Å². The van der Waals surface area contributed by atoms with E-state index in [1.54, 1.807) is 0 Å². The van der Waals surface area contributed by atoms with Crippen molar-refractivity contribution in [3.63, 3.8) is 0 Å².